The fourth-order valence-corrected chi connectivity index (χ4v) is 4.25. The molecule has 0 saturated heterocycles. The molecule has 0 bridgehead atoms. The summed E-state index contributed by atoms with van der Waals surface area (Å²) in [5.74, 6) is 0.586. The van der Waals surface area contributed by atoms with Crippen molar-refractivity contribution in [2.45, 2.75) is 14.9 Å². The van der Waals surface area contributed by atoms with E-state index in [1.165, 1.54) is 17.0 Å². The topological polar surface area (TPSA) is 91.5 Å². The van der Waals surface area contributed by atoms with Gasteiger partial charge >= 0.3 is 5.03 Å². The molecule has 0 amide bonds. The van der Waals surface area contributed by atoms with Gasteiger partial charge in [0, 0.05) is 0 Å². The lowest BCUT2D eigenvalue weighted by molar-refractivity contribution is -0.855. The Morgan fingerprint density at radius 1 is 1.33 bits per heavy atom. The van der Waals surface area contributed by atoms with Gasteiger partial charge in [-0.1, -0.05) is 30.0 Å². The highest BCUT2D eigenvalue weighted by Gasteiger charge is 2.33. The normalized spacial score (nSPS) is 12.0. The number of hydrogen-bond acceptors (Lipinski definition) is 6. The lowest BCUT2D eigenvalue weighted by Crippen LogP contribution is -3.06. The number of nitrogens with zero attached hydrogens (tertiary/aromatic N) is 2. The monoisotopic (exact) mass is 330 g/mol. The number of quaternary nitrogens is 1. The second-order valence-corrected chi connectivity index (χ2v) is 7.61. The van der Waals surface area contributed by atoms with Gasteiger partial charge in [-0.05, 0) is 17.0 Å². The van der Waals surface area contributed by atoms with Gasteiger partial charge < -0.3 is 10.1 Å². The van der Waals surface area contributed by atoms with Crippen molar-refractivity contribution in [2.24, 2.45) is 0 Å². The lowest BCUT2D eigenvalue weighted by atomic mass is 10.4. The van der Waals surface area contributed by atoms with Crippen LogP contribution in [0.15, 0.2) is 49.9 Å². The van der Waals surface area contributed by atoms with E-state index in [1.807, 2.05) is 14.1 Å². The van der Waals surface area contributed by atoms with Gasteiger partial charge in [0.1, 0.15) is 0 Å². The van der Waals surface area contributed by atoms with E-state index in [4.69, 9.17) is 0 Å². The maximum atomic E-state index is 12.5. The fraction of sp³-hybridized carbons (Fsp3) is 0.333. The molecule has 0 saturated carbocycles. The Morgan fingerprint density at radius 3 is 2.62 bits per heavy atom. The minimum Gasteiger partial charge on any atom is -0.359 e. The lowest BCUT2D eigenvalue weighted by Gasteiger charge is -2.05. The second kappa shape index (κ2) is 6.46. The molecule has 0 aliphatic carbocycles. The van der Waals surface area contributed by atoms with Crippen LogP contribution in [0.2, 0.25) is 0 Å². The first-order valence-corrected chi connectivity index (χ1v) is 8.71. The molecule has 0 radical (unpaired) electrons. The minimum atomic E-state index is -3.85. The first-order chi connectivity index (χ1) is 9.93. The number of nitrogens with one attached hydrogen (secondary N) is 1. The van der Waals surface area contributed by atoms with Gasteiger partial charge in [-0.25, -0.2) is 8.42 Å². The smallest absolute Gasteiger partial charge is 0.350 e. The zero-order valence-corrected chi connectivity index (χ0v) is 13.3. The molecule has 1 N–H and O–H groups in total. The zero-order valence-electron chi connectivity index (χ0n) is 11.6. The molecule has 9 heteroatoms. The van der Waals surface area contributed by atoms with Gasteiger partial charge in [0.25, 0.3) is 14.9 Å². The van der Waals surface area contributed by atoms with Gasteiger partial charge in [0.15, 0.2) is 0 Å². The van der Waals surface area contributed by atoms with Gasteiger partial charge in [0.05, 0.1) is 36.4 Å². The van der Waals surface area contributed by atoms with Crippen LogP contribution in [0.3, 0.4) is 0 Å². The Hall–Kier alpha value is -1.58. The molecule has 1 aromatic heterocycles. The number of rotatable bonds is 6. The van der Waals surface area contributed by atoms with Crippen molar-refractivity contribution < 1.29 is 22.8 Å². The molecule has 0 spiro atoms. The van der Waals surface area contributed by atoms with E-state index >= 15 is 0 Å². The van der Waals surface area contributed by atoms with E-state index in [0.717, 1.165) is 18.3 Å². The Balaban J connectivity index is 2.32. The van der Waals surface area contributed by atoms with Crippen molar-refractivity contribution >= 4 is 21.6 Å². The van der Waals surface area contributed by atoms with Gasteiger partial charge in [0.2, 0.25) is 0 Å². The molecule has 21 heavy (non-hydrogen) atoms. The number of benzene rings is 1. The minimum absolute atomic E-state index is 0.0277. The summed E-state index contributed by atoms with van der Waals surface area (Å²) in [6.45, 7) is 0.778. The van der Waals surface area contributed by atoms with E-state index in [-0.39, 0.29) is 19.9 Å². The third kappa shape index (κ3) is 3.55. The highest BCUT2D eigenvalue weighted by atomic mass is 32.2. The standard InChI is InChI=1S/C12H15N3O4S2/c1-14(2)8-9-20-12-11(13-19-15(12)16)21(17,18)10-6-4-3-5-7-10/h3-7H,8-9H2,1-2H3/p+1. The third-order valence-electron chi connectivity index (χ3n) is 2.70. The summed E-state index contributed by atoms with van der Waals surface area (Å²) in [7, 11) is 0.0937. The van der Waals surface area contributed by atoms with E-state index in [0.29, 0.717) is 5.75 Å². The molecule has 0 aliphatic rings. The van der Waals surface area contributed by atoms with Crippen LogP contribution in [0, 0.1) is 5.21 Å². The van der Waals surface area contributed by atoms with E-state index < -0.39 is 9.84 Å². The molecule has 0 unspecified atom stereocenters. The first-order valence-electron chi connectivity index (χ1n) is 6.24. The first kappa shape index (κ1) is 15.8. The van der Waals surface area contributed by atoms with Crippen molar-refractivity contribution in [1.82, 2.24) is 5.16 Å². The maximum Gasteiger partial charge on any atom is 0.350 e. The summed E-state index contributed by atoms with van der Waals surface area (Å²) in [5.41, 5.74) is 0. The molecule has 1 heterocycles. The van der Waals surface area contributed by atoms with Crippen LogP contribution >= 0.6 is 11.8 Å². The summed E-state index contributed by atoms with van der Waals surface area (Å²) < 4.78 is 29.4. The van der Waals surface area contributed by atoms with Crippen molar-refractivity contribution in [3.8, 4) is 0 Å². The number of aromatic nitrogens is 2. The Kier molecular flexibility index (Phi) is 4.86. The SMILES string of the molecule is C[NH+](C)CCSc1c(S(=O)(=O)c2ccccc2)no[n+]1[O-]. The van der Waals surface area contributed by atoms with Crippen LogP contribution in [-0.4, -0.2) is 40.0 Å². The largest absolute Gasteiger partial charge is 0.359 e. The van der Waals surface area contributed by atoms with E-state index in [9.17, 15) is 13.6 Å². The van der Waals surface area contributed by atoms with Crippen molar-refractivity contribution in [2.75, 3.05) is 26.4 Å². The molecule has 0 atom stereocenters. The van der Waals surface area contributed by atoms with Gasteiger partial charge in [-0.3, -0.25) is 4.63 Å². The van der Waals surface area contributed by atoms with Gasteiger partial charge in [-0.15, -0.1) is 0 Å². The quantitative estimate of drug-likeness (QED) is 0.560. The Bertz CT molecular complexity index is 699. The zero-order chi connectivity index (χ0) is 15.5. The molecule has 2 aromatic rings. The van der Waals surface area contributed by atoms with Crippen LogP contribution in [0.4, 0.5) is 0 Å². The third-order valence-corrected chi connectivity index (χ3v) is 5.52. The Labute approximate surface area is 127 Å². The van der Waals surface area contributed by atoms with Crippen LogP contribution in [0.25, 0.3) is 0 Å². The van der Waals surface area contributed by atoms with Crippen LogP contribution in [0.5, 0.6) is 0 Å². The molecular weight excluding hydrogens is 314 g/mol. The molecule has 7 nitrogen and oxygen atoms in total. The average Bonchev–Trinajstić information content (AvgIpc) is 2.82. The van der Waals surface area contributed by atoms with Crippen molar-refractivity contribution in [3.63, 3.8) is 0 Å². The Morgan fingerprint density at radius 2 is 2.00 bits per heavy atom. The summed E-state index contributed by atoms with van der Waals surface area (Å²) >= 11 is 1.12. The summed E-state index contributed by atoms with van der Waals surface area (Å²) in [4.78, 5) is 1.42. The molecule has 114 valence electrons. The number of thioether (sulfide) groups is 1. The molecule has 0 aliphatic heterocycles. The molecular formula is C12H16N3O4S2+. The van der Waals surface area contributed by atoms with Crippen molar-refractivity contribution in [3.05, 3.63) is 35.5 Å². The predicted molar refractivity (Wildman–Crippen MR) is 75.8 cm³/mol. The maximum absolute atomic E-state index is 12.5. The van der Waals surface area contributed by atoms with Crippen molar-refractivity contribution in [1.29, 1.82) is 0 Å². The van der Waals surface area contributed by atoms with E-state index in [1.54, 1.807) is 18.2 Å². The van der Waals surface area contributed by atoms with Crippen LogP contribution < -0.4 is 9.80 Å². The fourth-order valence-electron chi connectivity index (χ4n) is 1.57. The van der Waals surface area contributed by atoms with Gasteiger partial charge in [-0.2, -0.15) is 0 Å². The predicted octanol–water partition coefficient (Wildman–Crippen LogP) is -0.623. The van der Waals surface area contributed by atoms with E-state index in [2.05, 4.69) is 9.79 Å². The average molecular weight is 330 g/mol. The van der Waals surface area contributed by atoms with Crippen LogP contribution in [-0.2, 0) is 9.84 Å². The molecule has 1 aromatic carbocycles. The molecule has 2 rings (SSSR count). The summed E-state index contributed by atoms with van der Waals surface area (Å²) in [5, 5.41) is 14.7. The van der Waals surface area contributed by atoms with Crippen LogP contribution in [0.1, 0.15) is 0 Å². The number of sulfone groups is 1. The summed E-state index contributed by atoms with van der Waals surface area (Å²) in [6.07, 6.45) is 0. The summed E-state index contributed by atoms with van der Waals surface area (Å²) in [6, 6.07) is 7.85. The number of hydrogen-bond donors (Lipinski definition) is 1. The highest BCUT2D eigenvalue weighted by Crippen LogP contribution is 2.26. The highest BCUT2D eigenvalue weighted by molar-refractivity contribution is 8.00. The molecule has 0 fully saturated rings. The second-order valence-electron chi connectivity index (χ2n) is 4.66.